The summed E-state index contributed by atoms with van der Waals surface area (Å²) >= 11 is 0. The Kier molecular flexibility index (Phi) is 5.47. The molecule has 2 aromatic rings. The van der Waals surface area contributed by atoms with E-state index in [1.807, 2.05) is 48.8 Å². The third-order valence-corrected chi connectivity index (χ3v) is 4.65. The number of carbonyl (C=O) groups excluding carboxylic acids is 1. The van der Waals surface area contributed by atoms with Crippen LogP contribution in [0.4, 0.5) is 0 Å². The van der Waals surface area contributed by atoms with Crippen molar-refractivity contribution >= 4 is 5.91 Å². The Hall–Kier alpha value is -2.36. The minimum atomic E-state index is 0.161. The van der Waals surface area contributed by atoms with Crippen molar-refractivity contribution in [1.29, 1.82) is 0 Å². The lowest BCUT2D eigenvalue weighted by Gasteiger charge is -2.30. The monoisotopic (exact) mass is 324 g/mol. The van der Waals surface area contributed by atoms with Gasteiger partial charge < -0.3 is 9.64 Å². The van der Waals surface area contributed by atoms with Crippen LogP contribution in [-0.4, -0.2) is 29.4 Å². The first-order valence-corrected chi connectivity index (χ1v) is 8.60. The first-order valence-electron chi connectivity index (χ1n) is 8.60. The first-order chi connectivity index (χ1) is 11.8. The second-order valence-corrected chi connectivity index (χ2v) is 6.26. The van der Waals surface area contributed by atoms with Crippen molar-refractivity contribution in [2.75, 3.05) is 13.7 Å². The Labute approximate surface area is 143 Å². The molecule has 0 aliphatic carbocycles. The lowest BCUT2D eigenvalue weighted by molar-refractivity contribution is -0.132. The zero-order valence-corrected chi connectivity index (χ0v) is 14.1. The first kappa shape index (κ1) is 16.5. The minimum absolute atomic E-state index is 0.161. The normalized spacial score (nSPS) is 18.0. The van der Waals surface area contributed by atoms with Crippen LogP contribution >= 0.6 is 0 Å². The SMILES string of the molecule is COc1cccc(CC(=O)N2CCCCC[C@@H]2c2ccncc2)c1. The molecule has 1 amide bonds. The van der Waals surface area contributed by atoms with Gasteiger partial charge in [0.1, 0.15) is 5.75 Å². The lowest BCUT2D eigenvalue weighted by atomic mass is 10.0. The van der Waals surface area contributed by atoms with E-state index in [0.29, 0.717) is 6.42 Å². The smallest absolute Gasteiger partial charge is 0.227 e. The molecule has 0 spiro atoms. The van der Waals surface area contributed by atoms with E-state index < -0.39 is 0 Å². The van der Waals surface area contributed by atoms with Crippen molar-refractivity contribution in [2.45, 2.75) is 38.1 Å². The molecule has 1 aliphatic heterocycles. The Bertz CT molecular complexity index is 672. The van der Waals surface area contributed by atoms with Crippen molar-refractivity contribution < 1.29 is 9.53 Å². The number of carbonyl (C=O) groups is 1. The number of pyridine rings is 1. The number of ether oxygens (including phenoxy) is 1. The molecule has 1 atom stereocenters. The van der Waals surface area contributed by atoms with Crippen LogP contribution in [0, 0.1) is 0 Å². The van der Waals surface area contributed by atoms with Crippen LogP contribution in [0.5, 0.6) is 5.75 Å². The Morgan fingerprint density at radius 2 is 2.04 bits per heavy atom. The van der Waals surface area contributed by atoms with E-state index in [9.17, 15) is 4.79 Å². The van der Waals surface area contributed by atoms with Crippen molar-refractivity contribution in [3.8, 4) is 5.75 Å². The van der Waals surface area contributed by atoms with Crippen molar-refractivity contribution in [2.24, 2.45) is 0 Å². The molecule has 1 fully saturated rings. The highest BCUT2D eigenvalue weighted by atomic mass is 16.5. The highest BCUT2D eigenvalue weighted by Crippen LogP contribution is 2.30. The van der Waals surface area contributed by atoms with Gasteiger partial charge in [-0.1, -0.05) is 25.0 Å². The van der Waals surface area contributed by atoms with E-state index >= 15 is 0 Å². The third-order valence-electron chi connectivity index (χ3n) is 4.65. The van der Waals surface area contributed by atoms with Crippen LogP contribution in [-0.2, 0) is 11.2 Å². The summed E-state index contributed by atoms with van der Waals surface area (Å²) in [4.78, 5) is 19.1. The van der Waals surface area contributed by atoms with E-state index in [-0.39, 0.29) is 11.9 Å². The van der Waals surface area contributed by atoms with E-state index in [4.69, 9.17) is 4.74 Å². The molecule has 24 heavy (non-hydrogen) atoms. The van der Waals surface area contributed by atoms with Crippen LogP contribution < -0.4 is 4.74 Å². The van der Waals surface area contributed by atoms with Gasteiger partial charge in [-0.05, 0) is 48.2 Å². The number of benzene rings is 1. The molecule has 1 saturated heterocycles. The summed E-state index contributed by atoms with van der Waals surface area (Å²) < 4.78 is 5.26. The summed E-state index contributed by atoms with van der Waals surface area (Å²) in [5.41, 5.74) is 2.18. The zero-order valence-electron chi connectivity index (χ0n) is 14.1. The van der Waals surface area contributed by atoms with Crippen LogP contribution in [0.3, 0.4) is 0 Å². The molecule has 0 radical (unpaired) electrons. The predicted octanol–water partition coefficient (Wildman–Crippen LogP) is 3.78. The average Bonchev–Trinajstić information content (AvgIpc) is 2.88. The maximum atomic E-state index is 13.0. The van der Waals surface area contributed by atoms with E-state index in [1.54, 1.807) is 7.11 Å². The van der Waals surface area contributed by atoms with E-state index in [2.05, 4.69) is 9.88 Å². The summed E-state index contributed by atoms with van der Waals surface area (Å²) in [6.45, 7) is 0.829. The van der Waals surface area contributed by atoms with Crippen LogP contribution in [0.15, 0.2) is 48.8 Å². The molecule has 4 heteroatoms. The van der Waals surface area contributed by atoms with Gasteiger partial charge in [0, 0.05) is 18.9 Å². The van der Waals surface area contributed by atoms with Crippen LogP contribution in [0.2, 0.25) is 0 Å². The van der Waals surface area contributed by atoms with Crippen molar-refractivity contribution in [3.63, 3.8) is 0 Å². The Morgan fingerprint density at radius 3 is 2.83 bits per heavy atom. The Morgan fingerprint density at radius 1 is 1.21 bits per heavy atom. The summed E-state index contributed by atoms with van der Waals surface area (Å²) in [6.07, 6.45) is 8.48. The molecule has 2 heterocycles. The zero-order chi connectivity index (χ0) is 16.8. The molecular formula is C20H24N2O2. The fourth-order valence-electron chi connectivity index (χ4n) is 3.40. The maximum Gasteiger partial charge on any atom is 0.227 e. The molecule has 0 bridgehead atoms. The topological polar surface area (TPSA) is 42.4 Å². The van der Waals surface area contributed by atoms with Gasteiger partial charge in [0.2, 0.25) is 5.91 Å². The molecule has 1 aliphatic rings. The van der Waals surface area contributed by atoms with Crippen LogP contribution in [0.1, 0.15) is 42.9 Å². The second kappa shape index (κ2) is 7.95. The van der Waals surface area contributed by atoms with Gasteiger partial charge in [-0.15, -0.1) is 0 Å². The summed E-state index contributed by atoms with van der Waals surface area (Å²) in [5.74, 6) is 0.980. The number of amides is 1. The van der Waals surface area contributed by atoms with Crippen molar-refractivity contribution in [3.05, 3.63) is 59.9 Å². The number of nitrogens with zero attached hydrogens (tertiary/aromatic N) is 2. The standard InChI is InChI=1S/C20H24N2O2/c1-24-18-7-5-6-16(14-18)15-20(23)22-13-4-2-3-8-19(22)17-9-11-21-12-10-17/h5-7,9-12,14,19H,2-4,8,13,15H2,1H3/t19-/m1/s1. The molecule has 3 rings (SSSR count). The van der Waals surface area contributed by atoms with Gasteiger partial charge in [0.25, 0.3) is 0 Å². The molecule has 0 N–H and O–H groups in total. The lowest BCUT2D eigenvalue weighted by Crippen LogP contribution is -2.35. The number of likely N-dealkylation sites (tertiary alicyclic amines) is 1. The fourth-order valence-corrected chi connectivity index (χ4v) is 3.40. The van der Waals surface area contributed by atoms with Gasteiger partial charge in [-0.2, -0.15) is 0 Å². The van der Waals surface area contributed by atoms with Crippen molar-refractivity contribution in [1.82, 2.24) is 9.88 Å². The maximum absolute atomic E-state index is 13.0. The molecule has 126 valence electrons. The number of methoxy groups -OCH3 is 1. The Balaban J connectivity index is 1.79. The van der Waals surface area contributed by atoms with Gasteiger partial charge in [0.15, 0.2) is 0 Å². The van der Waals surface area contributed by atoms with E-state index in [0.717, 1.165) is 37.1 Å². The molecule has 0 unspecified atom stereocenters. The number of rotatable bonds is 4. The van der Waals surface area contributed by atoms with Gasteiger partial charge >= 0.3 is 0 Å². The molecule has 1 aromatic carbocycles. The predicted molar refractivity (Wildman–Crippen MR) is 93.9 cm³/mol. The van der Waals surface area contributed by atoms with Gasteiger partial charge in [-0.25, -0.2) is 0 Å². The highest BCUT2D eigenvalue weighted by molar-refractivity contribution is 5.79. The third kappa shape index (κ3) is 3.94. The number of hydrogen-bond donors (Lipinski definition) is 0. The largest absolute Gasteiger partial charge is 0.497 e. The highest BCUT2D eigenvalue weighted by Gasteiger charge is 2.26. The minimum Gasteiger partial charge on any atom is -0.497 e. The summed E-state index contributed by atoms with van der Waals surface area (Å²) in [5, 5.41) is 0. The molecule has 0 saturated carbocycles. The molecule has 4 nitrogen and oxygen atoms in total. The second-order valence-electron chi connectivity index (χ2n) is 6.26. The molecule has 1 aromatic heterocycles. The summed E-state index contributed by atoms with van der Waals surface area (Å²) in [6, 6.07) is 12.0. The quantitative estimate of drug-likeness (QED) is 0.859. The average molecular weight is 324 g/mol. The van der Waals surface area contributed by atoms with Gasteiger partial charge in [-0.3, -0.25) is 9.78 Å². The van der Waals surface area contributed by atoms with E-state index in [1.165, 1.54) is 12.0 Å². The van der Waals surface area contributed by atoms with Gasteiger partial charge in [0.05, 0.1) is 19.6 Å². The number of aromatic nitrogens is 1. The van der Waals surface area contributed by atoms with Crippen LogP contribution in [0.25, 0.3) is 0 Å². The summed E-state index contributed by atoms with van der Waals surface area (Å²) in [7, 11) is 1.65. The number of hydrogen-bond acceptors (Lipinski definition) is 3. The fraction of sp³-hybridized carbons (Fsp3) is 0.400. The molecular weight excluding hydrogens is 300 g/mol.